The Kier molecular flexibility index (Phi) is 3.98. The molecule has 0 saturated heterocycles. The number of hydrogen-bond donors (Lipinski definition) is 2. The summed E-state index contributed by atoms with van der Waals surface area (Å²) in [4.78, 5) is 3.98. The molecule has 1 rings (SSSR count). The molecule has 0 spiro atoms. The van der Waals surface area contributed by atoms with E-state index in [0.29, 0.717) is 5.82 Å². The Morgan fingerprint density at radius 1 is 1.60 bits per heavy atom. The number of nitrogens with one attached hydrogen (secondary N) is 1. The fourth-order valence-corrected chi connectivity index (χ4v) is 1.46. The van der Waals surface area contributed by atoms with Gasteiger partial charge in [0.1, 0.15) is 5.82 Å². The van der Waals surface area contributed by atoms with E-state index in [0.717, 1.165) is 10.0 Å². The predicted octanol–water partition coefficient (Wildman–Crippen LogP) is 2.16. The largest absolute Gasteiger partial charge is 0.364 e. The Bertz CT molecular complexity index is 344. The molecular weight excluding hydrogens is 268 g/mol. The first-order valence-corrected chi connectivity index (χ1v) is 5.18. The number of hydrogen-bond acceptors (Lipinski definition) is 3. The van der Waals surface area contributed by atoms with Gasteiger partial charge >= 0.3 is 0 Å². The van der Waals surface area contributed by atoms with Gasteiger partial charge in [0.2, 0.25) is 0 Å². The van der Waals surface area contributed by atoms with E-state index < -0.39 is 19.0 Å². The van der Waals surface area contributed by atoms with Gasteiger partial charge in [-0.25, -0.2) is 13.8 Å². The molecule has 0 fully saturated rings. The van der Waals surface area contributed by atoms with Gasteiger partial charge in [0, 0.05) is 10.7 Å². The zero-order chi connectivity index (χ0) is 11.5. The minimum Gasteiger partial charge on any atom is -0.364 e. The number of aryl methyl sites for hydroxylation is 1. The van der Waals surface area contributed by atoms with E-state index in [1.807, 2.05) is 0 Å². The van der Waals surface area contributed by atoms with Crippen LogP contribution in [0, 0.1) is 6.92 Å². The molecule has 0 aliphatic heterocycles. The molecule has 3 nitrogen and oxygen atoms in total. The van der Waals surface area contributed by atoms with E-state index >= 15 is 0 Å². The number of pyridine rings is 1. The van der Waals surface area contributed by atoms with E-state index in [1.165, 1.54) is 0 Å². The summed E-state index contributed by atoms with van der Waals surface area (Å²) in [5, 5.41) is 2.57. The molecule has 0 unspecified atom stereocenters. The zero-order valence-electron chi connectivity index (χ0n) is 8.23. The molecule has 1 aromatic rings. The SMILES string of the molecule is Cc1cc(Br)cnc1NCC(F)(F)CN. The Morgan fingerprint density at radius 2 is 2.27 bits per heavy atom. The molecule has 1 aromatic heterocycles. The quantitative estimate of drug-likeness (QED) is 0.888. The standard InChI is InChI=1S/C9H12BrF2N3/c1-6-2-7(10)3-14-8(6)15-5-9(11,12)4-13/h2-3H,4-5,13H2,1H3,(H,14,15). The van der Waals surface area contributed by atoms with Gasteiger partial charge in [0.15, 0.2) is 0 Å². The summed E-state index contributed by atoms with van der Waals surface area (Å²) in [6.45, 7) is 0.620. The fourth-order valence-electron chi connectivity index (χ4n) is 1.01. The van der Waals surface area contributed by atoms with Crippen LogP contribution in [0.2, 0.25) is 0 Å². The topological polar surface area (TPSA) is 50.9 Å². The molecule has 0 aromatic carbocycles. The van der Waals surface area contributed by atoms with Crippen molar-refractivity contribution in [3.63, 3.8) is 0 Å². The van der Waals surface area contributed by atoms with Crippen molar-refractivity contribution in [2.45, 2.75) is 12.8 Å². The highest BCUT2D eigenvalue weighted by atomic mass is 79.9. The molecular formula is C9H12BrF2N3. The third kappa shape index (κ3) is 3.71. The van der Waals surface area contributed by atoms with Gasteiger partial charge in [-0.05, 0) is 34.5 Å². The van der Waals surface area contributed by atoms with Gasteiger partial charge in [0.05, 0.1) is 13.1 Å². The molecule has 0 amide bonds. The Hall–Kier alpha value is -0.750. The molecule has 6 heteroatoms. The Morgan fingerprint density at radius 3 is 2.80 bits per heavy atom. The minimum atomic E-state index is -2.90. The molecule has 0 radical (unpaired) electrons. The number of alkyl halides is 2. The van der Waals surface area contributed by atoms with Crippen LogP contribution in [0.15, 0.2) is 16.7 Å². The van der Waals surface area contributed by atoms with Crippen LogP contribution in [0.1, 0.15) is 5.56 Å². The van der Waals surface area contributed by atoms with Crippen LogP contribution in [0.5, 0.6) is 0 Å². The van der Waals surface area contributed by atoms with Gasteiger partial charge in [0.25, 0.3) is 5.92 Å². The first-order chi connectivity index (χ1) is 6.94. The van der Waals surface area contributed by atoms with Crippen molar-refractivity contribution in [3.8, 4) is 0 Å². The number of anilines is 1. The summed E-state index contributed by atoms with van der Waals surface area (Å²) in [5.74, 6) is -2.45. The maximum Gasteiger partial charge on any atom is 0.276 e. The molecule has 3 N–H and O–H groups in total. The molecule has 1 heterocycles. The van der Waals surface area contributed by atoms with E-state index in [9.17, 15) is 8.78 Å². The van der Waals surface area contributed by atoms with Crippen molar-refractivity contribution in [3.05, 3.63) is 22.3 Å². The highest BCUT2D eigenvalue weighted by Gasteiger charge is 2.26. The van der Waals surface area contributed by atoms with Crippen molar-refractivity contribution in [1.82, 2.24) is 4.98 Å². The second kappa shape index (κ2) is 4.85. The molecule has 15 heavy (non-hydrogen) atoms. The maximum absolute atomic E-state index is 12.8. The Balaban J connectivity index is 2.66. The normalized spacial score (nSPS) is 11.5. The van der Waals surface area contributed by atoms with Crippen molar-refractivity contribution in [2.24, 2.45) is 5.73 Å². The lowest BCUT2D eigenvalue weighted by molar-refractivity contribution is 0.0253. The number of rotatable bonds is 4. The lowest BCUT2D eigenvalue weighted by atomic mass is 10.2. The molecule has 0 aliphatic carbocycles. The highest BCUT2D eigenvalue weighted by Crippen LogP contribution is 2.18. The highest BCUT2D eigenvalue weighted by molar-refractivity contribution is 9.10. The third-order valence-corrected chi connectivity index (χ3v) is 2.29. The molecule has 0 aliphatic rings. The van der Waals surface area contributed by atoms with Crippen molar-refractivity contribution in [1.29, 1.82) is 0 Å². The third-order valence-electron chi connectivity index (χ3n) is 1.86. The van der Waals surface area contributed by atoms with Crippen LogP contribution < -0.4 is 11.1 Å². The first-order valence-electron chi connectivity index (χ1n) is 4.38. The maximum atomic E-state index is 12.8. The van der Waals surface area contributed by atoms with E-state index in [-0.39, 0.29) is 0 Å². The van der Waals surface area contributed by atoms with Crippen molar-refractivity contribution in [2.75, 3.05) is 18.4 Å². The van der Waals surface area contributed by atoms with Crippen LogP contribution in [0.25, 0.3) is 0 Å². The van der Waals surface area contributed by atoms with Gasteiger partial charge in [-0.1, -0.05) is 0 Å². The van der Waals surface area contributed by atoms with E-state index in [2.05, 4.69) is 26.2 Å². The lowest BCUT2D eigenvalue weighted by Gasteiger charge is -2.15. The fraction of sp³-hybridized carbons (Fsp3) is 0.444. The Labute approximate surface area is 95.2 Å². The lowest BCUT2D eigenvalue weighted by Crippen LogP contribution is -2.35. The summed E-state index contributed by atoms with van der Waals surface area (Å²) in [7, 11) is 0. The van der Waals surface area contributed by atoms with Gasteiger partial charge in [-0.2, -0.15) is 0 Å². The molecule has 0 saturated carbocycles. The summed E-state index contributed by atoms with van der Waals surface area (Å²) in [5.41, 5.74) is 5.72. The van der Waals surface area contributed by atoms with Crippen LogP contribution in [0.3, 0.4) is 0 Å². The second-order valence-corrected chi connectivity index (χ2v) is 4.15. The summed E-state index contributed by atoms with van der Waals surface area (Å²) < 4.78 is 26.5. The first kappa shape index (κ1) is 12.3. The van der Waals surface area contributed by atoms with Crippen molar-refractivity contribution < 1.29 is 8.78 Å². The minimum absolute atomic E-state index is 0.450. The second-order valence-electron chi connectivity index (χ2n) is 3.23. The molecule has 0 atom stereocenters. The summed E-state index contributed by atoms with van der Waals surface area (Å²) in [6, 6.07) is 1.80. The summed E-state index contributed by atoms with van der Waals surface area (Å²) in [6.07, 6.45) is 1.55. The average molecular weight is 280 g/mol. The van der Waals surface area contributed by atoms with E-state index in [1.54, 1.807) is 19.2 Å². The van der Waals surface area contributed by atoms with Crippen LogP contribution >= 0.6 is 15.9 Å². The monoisotopic (exact) mass is 279 g/mol. The molecule has 84 valence electrons. The van der Waals surface area contributed by atoms with E-state index in [4.69, 9.17) is 5.73 Å². The number of nitrogens with zero attached hydrogens (tertiary/aromatic N) is 1. The predicted molar refractivity (Wildman–Crippen MR) is 59.2 cm³/mol. The average Bonchev–Trinajstić information content (AvgIpc) is 2.16. The number of aromatic nitrogens is 1. The number of nitrogens with two attached hydrogens (primary N) is 1. The number of halogens is 3. The molecule has 0 bridgehead atoms. The zero-order valence-corrected chi connectivity index (χ0v) is 9.81. The van der Waals surface area contributed by atoms with Gasteiger partial charge in [-0.15, -0.1) is 0 Å². The van der Waals surface area contributed by atoms with Gasteiger partial charge < -0.3 is 11.1 Å². The van der Waals surface area contributed by atoms with Crippen molar-refractivity contribution >= 4 is 21.7 Å². The summed E-state index contributed by atoms with van der Waals surface area (Å²) >= 11 is 3.24. The van der Waals surface area contributed by atoms with Crippen LogP contribution in [-0.4, -0.2) is 24.0 Å². The van der Waals surface area contributed by atoms with Crippen LogP contribution in [0.4, 0.5) is 14.6 Å². The van der Waals surface area contributed by atoms with Crippen LogP contribution in [-0.2, 0) is 0 Å². The van der Waals surface area contributed by atoms with Gasteiger partial charge in [-0.3, -0.25) is 0 Å². The smallest absolute Gasteiger partial charge is 0.276 e.